The van der Waals surface area contributed by atoms with Gasteiger partial charge in [0.2, 0.25) is 5.91 Å². The van der Waals surface area contributed by atoms with Crippen molar-refractivity contribution in [3.63, 3.8) is 0 Å². The van der Waals surface area contributed by atoms with E-state index in [2.05, 4.69) is 15.5 Å². The number of carbonyl (C=O) groups is 2. The lowest BCUT2D eigenvalue weighted by Gasteiger charge is -2.33. The van der Waals surface area contributed by atoms with Crippen molar-refractivity contribution in [2.45, 2.75) is 23.8 Å². The van der Waals surface area contributed by atoms with Crippen molar-refractivity contribution < 1.29 is 19.4 Å². The zero-order chi connectivity index (χ0) is 24.5. The van der Waals surface area contributed by atoms with Crippen molar-refractivity contribution in [1.82, 2.24) is 15.5 Å². The second kappa shape index (κ2) is 13.3. The number of hydrogen-bond acceptors (Lipinski definition) is 7. The van der Waals surface area contributed by atoms with Gasteiger partial charge in [0.1, 0.15) is 6.23 Å². The first-order valence-electron chi connectivity index (χ1n) is 10.8. The van der Waals surface area contributed by atoms with Gasteiger partial charge in [-0.25, -0.2) is 0 Å². The van der Waals surface area contributed by atoms with Crippen molar-refractivity contribution in [2.24, 2.45) is 5.73 Å². The van der Waals surface area contributed by atoms with Gasteiger partial charge in [0, 0.05) is 36.6 Å². The number of amides is 2. The molecule has 1 aliphatic rings. The maximum atomic E-state index is 12.3. The van der Waals surface area contributed by atoms with Gasteiger partial charge in [0.05, 0.1) is 35.1 Å². The minimum absolute atomic E-state index is 0.0350. The molecule has 184 valence electrons. The Morgan fingerprint density at radius 2 is 2.03 bits per heavy atom. The number of carbonyl (C=O) groups excluding carboxylic acids is 2. The van der Waals surface area contributed by atoms with Crippen LogP contribution in [0, 0.1) is 0 Å². The van der Waals surface area contributed by atoms with Crippen LogP contribution in [0.3, 0.4) is 0 Å². The van der Waals surface area contributed by atoms with Crippen molar-refractivity contribution in [3.05, 3.63) is 63.6 Å². The minimum Gasteiger partial charge on any atom is -0.377 e. The van der Waals surface area contributed by atoms with Gasteiger partial charge < -0.3 is 26.2 Å². The number of nitrogens with two attached hydrogens (primary N) is 1. The molecule has 0 radical (unpaired) electrons. The van der Waals surface area contributed by atoms with E-state index in [1.807, 2.05) is 18.2 Å². The summed E-state index contributed by atoms with van der Waals surface area (Å²) in [6, 6.07) is 12.5. The van der Waals surface area contributed by atoms with E-state index in [0.717, 1.165) is 23.5 Å². The molecule has 0 aromatic heterocycles. The number of benzene rings is 2. The Bertz CT molecular complexity index is 995. The van der Waals surface area contributed by atoms with Gasteiger partial charge in [-0.3, -0.25) is 14.5 Å². The van der Waals surface area contributed by atoms with Gasteiger partial charge in [0.15, 0.2) is 0 Å². The highest BCUT2D eigenvalue weighted by atomic mass is 35.5. The van der Waals surface area contributed by atoms with Gasteiger partial charge in [-0.1, -0.05) is 35.3 Å². The Morgan fingerprint density at radius 3 is 2.79 bits per heavy atom. The first-order chi connectivity index (χ1) is 16.3. The lowest BCUT2D eigenvalue weighted by atomic mass is 10.2. The predicted molar refractivity (Wildman–Crippen MR) is 134 cm³/mol. The highest BCUT2D eigenvalue weighted by Crippen LogP contribution is 2.24. The Morgan fingerprint density at radius 1 is 1.21 bits per heavy atom. The van der Waals surface area contributed by atoms with Crippen LogP contribution in [0.25, 0.3) is 0 Å². The molecule has 2 aromatic rings. The summed E-state index contributed by atoms with van der Waals surface area (Å²) in [5.41, 5.74) is 6.74. The predicted octanol–water partition coefficient (Wildman–Crippen LogP) is 2.11. The summed E-state index contributed by atoms with van der Waals surface area (Å²) in [5.74, 6) is -0.237. The van der Waals surface area contributed by atoms with Crippen LogP contribution < -0.4 is 16.4 Å². The molecular formula is C23H28Cl2N4O4S. The number of morpholine rings is 1. The van der Waals surface area contributed by atoms with Gasteiger partial charge in [-0.15, -0.1) is 11.8 Å². The average Bonchev–Trinajstić information content (AvgIpc) is 2.82. The van der Waals surface area contributed by atoms with Crippen LogP contribution in [0.4, 0.5) is 0 Å². The van der Waals surface area contributed by atoms with Gasteiger partial charge >= 0.3 is 0 Å². The Kier molecular flexibility index (Phi) is 10.5. The molecule has 0 spiro atoms. The molecule has 8 nitrogen and oxygen atoms in total. The third-order valence-corrected chi connectivity index (χ3v) is 6.81. The van der Waals surface area contributed by atoms with E-state index in [1.165, 1.54) is 11.8 Å². The third-order valence-electron chi connectivity index (χ3n) is 5.08. The lowest BCUT2D eigenvalue weighted by molar-refractivity contribution is -0.119. The van der Waals surface area contributed by atoms with Crippen LogP contribution >= 0.6 is 35.0 Å². The molecule has 2 aromatic carbocycles. The molecule has 0 bridgehead atoms. The summed E-state index contributed by atoms with van der Waals surface area (Å²) in [6.45, 7) is 3.20. The molecule has 2 atom stereocenters. The molecule has 1 saturated heterocycles. The zero-order valence-corrected chi connectivity index (χ0v) is 20.8. The average molecular weight is 527 g/mol. The Hall–Kier alpha value is -1.85. The van der Waals surface area contributed by atoms with Crippen LogP contribution in [0.5, 0.6) is 0 Å². The Balaban J connectivity index is 1.41. The summed E-state index contributed by atoms with van der Waals surface area (Å²) in [5, 5.41) is 15.6. The number of halogens is 2. The molecule has 34 heavy (non-hydrogen) atoms. The summed E-state index contributed by atoms with van der Waals surface area (Å²) < 4.78 is 5.80. The van der Waals surface area contributed by atoms with Gasteiger partial charge in [-0.2, -0.15) is 0 Å². The second-order valence-corrected chi connectivity index (χ2v) is 9.74. The summed E-state index contributed by atoms with van der Waals surface area (Å²) >= 11 is 13.4. The number of aliphatic hydroxyl groups excluding tert-OH is 1. The number of hydrogen-bond donors (Lipinski definition) is 4. The van der Waals surface area contributed by atoms with Crippen molar-refractivity contribution in [1.29, 1.82) is 0 Å². The molecule has 11 heteroatoms. The molecule has 0 unspecified atom stereocenters. The summed E-state index contributed by atoms with van der Waals surface area (Å²) in [7, 11) is 0. The number of nitrogens with zero attached hydrogens (tertiary/aromatic N) is 1. The molecule has 1 aliphatic heterocycles. The van der Waals surface area contributed by atoms with Crippen LogP contribution in [0.15, 0.2) is 47.4 Å². The molecular weight excluding hydrogens is 499 g/mol. The highest BCUT2D eigenvalue weighted by molar-refractivity contribution is 8.00. The normalized spacial score (nSPS) is 17.2. The maximum absolute atomic E-state index is 12.3. The quantitative estimate of drug-likeness (QED) is 0.276. The van der Waals surface area contributed by atoms with E-state index in [4.69, 9.17) is 38.8 Å². The van der Waals surface area contributed by atoms with Crippen LogP contribution in [0.2, 0.25) is 10.0 Å². The monoisotopic (exact) mass is 526 g/mol. The standard InChI is InChI=1S/C23H28Cl2N4O4S/c24-19-5-4-15(8-20(19)25)12-29-6-7-33-17(13-29)10-27-22(31)14-34-18-3-1-2-16(9-18)23(32)28-11-21(26)30/h1-5,8-9,17,21,30H,6-7,10-14,26H2,(H,27,31)(H,28,32)/t17-,21-/m0/s1. The smallest absolute Gasteiger partial charge is 0.251 e. The molecule has 1 heterocycles. The molecule has 0 saturated carbocycles. The van der Waals surface area contributed by atoms with E-state index in [9.17, 15) is 9.59 Å². The SMILES string of the molecule is N[C@@H](O)CNC(=O)c1cccc(SCC(=O)NC[C@H]2CN(Cc3ccc(Cl)c(Cl)c3)CCO2)c1. The molecule has 5 N–H and O–H groups in total. The number of thioether (sulfide) groups is 1. The summed E-state index contributed by atoms with van der Waals surface area (Å²) in [6.07, 6.45) is -1.21. The summed E-state index contributed by atoms with van der Waals surface area (Å²) in [4.78, 5) is 27.5. The number of ether oxygens (including phenoxy) is 1. The molecule has 0 aliphatic carbocycles. The highest BCUT2D eigenvalue weighted by Gasteiger charge is 2.21. The number of aliphatic hydroxyl groups is 1. The topological polar surface area (TPSA) is 117 Å². The fraction of sp³-hybridized carbons (Fsp3) is 0.391. The van der Waals surface area contributed by atoms with Gasteiger partial charge in [0.25, 0.3) is 5.91 Å². The van der Waals surface area contributed by atoms with E-state index >= 15 is 0 Å². The van der Waals surface area contributed by atoms with E-state index in [1.54, 1.807) is 24.3 Å². The van der Waals surface area contributed by atoms with E-state index in [0.29, 0.717) is 35.3 Å². The van der Waals surface area contributed by atoms with Crippen molar-refractivity contribution in [3.8, 4) is 0 Å². The number of nitrogens with one attached hydrogen (secondary N) is 2. The largest absolute Gasteiger partial charge is 0.377 e. The van der Waals surface area contributed by atoms with Crippen LogP contribution in [-0.4, -0.2) is 72.7 Å². The Labute approximate surface area is 213 Å². The minimum atomic E-state index is -1.11. The lowest BCUT2D eigenvalue weighted by Crippen LogP contribution is -2.47. The molecule has 3 rings (SSSR count). The fourth-order valence-electron chi connectivity index (χ4n) is 3.40. The van der Waals surface area contributed by atoms with Crippen molar-refractivity contribution in [2.75, 3.05) is 38.5 Å². The van der Waals surface area contributed by atoms with Gasteiger partial charge in [-0.05, 0) is 35.9 Å². The first-order valence-corrected chi connectivity index (χ1v) is 12.5. The first kappa shape index (κ1) is 26.7. The van der Waals surface area contributed by atoms with Crippen molar-refractivity contribution >= 4 is 46.8 Å². The zero-order valence-electron chi connectivity index (χ0n) is 18.5. The van der Waals surface area contributed by atoms with Crippen LogP contribution in [0.1, 0.15) is 15.9 Å². The number of rotatable bonds is 10. The van der Waals surface area contributed by atoms with E-state index < -0.39 is 6.23 Å². The third kappa shape index (κ3) is 8.74. The van der Waals surface area contributed by atoms with E-state index in [-0.39, 0.29) is 30.2 Å². The molecule has 2 amide bonds. The fourth-order valence-corrected chi connectivity index (χ4v) is 4.50. The maximum Gasteiger partial charge on any atom is 0.251 e. The van der Waals surface area contributed by atoms with Crippen LogP contribution in [-0.2, 0) is 16.1 Å². The second-order valence-electron chi connectivity index (χ2n) is 7.87. The molecule has 1 fully saturated rings.